The molecule has 1 fully saturated rings. The highest BCUT2D eigenvalue weighted by Gasteiger charge is 2.30. The minimum atomic E-state index is -0.929. The highest BCUT2D eigenvalue weighted by molar-refractivity contribution is 5.73. The number of hydrogen-bond donors (Lipinski definition) is 3. The molecule has 0 bridgehead atoms. The third kappa shape index (κ3) is 1.98. The Kier molecular flexibility index (Phi) is 2.66. The van der Waals surface area contributed by atoms with Crippen LogP contribution >= 0.6 is 0 Å². The van der Waals surface area contributed by atoms with Gasteiger partial charge in [-0.25, -0.2) is 15.2 Å². The molecule has 2 unspecified atom stereocenters. The van der Waals surface area contributed by atoms with Crippen molar-refractivity contribution < 1.29 is 14.3 Å². The van der Waals surface area contributed by atoms with Crippen molar-refractivity contribution in [2.24, 2.45) is 0 Å². The lowest BCUT2D eigenvalue weighted by Gasteiger charge is -2.09. The molecule has 0 aromatic heterocycles. The Hall–Kier alpha value is -1.46. The van der Waals surface area contributed by atoms with E-state index in [1.54, 1.807) is 18.2 Å². The zero-order valence-corrected chi connectivity index (χ0v) is 7.90. The van der Waals surface area contributed by atoms with Crippen molar-refractivity contribution in [3.05, 3.63) is 35.6 Å². The standard InChI is InChI=1S/C10H11FN2O2/c11-7-4-2-1-3-6(7)8-5-9(10(14)15)13-12-8/h1-4,8-9,12-13H,5H2,(H,14,15). The fraction of sp³-hybridized carbons (Fsp3) is 0.300. The number of carboxylic acids is 1. The summed E-state index contributed by atoms with van der Waals surface area (Å²) >= 11 is 0. The number of aliphatic carboxylic acids is 1. The van der Waals surface area contributed by atoms with Crippen LogP contribution in [0, 0.1) is 5.82 Å². The van der Waals surface area contributed by atoms with Crippen LogP contribution in [0.4, 0.5) is 4.39 Å². The Morgan fingerprint density at radius 3 is 2.73 bits per heavy atom. The van der Waals surface area contributed by atoms with Crippen LogP contribution in [0.25, 0.3) is 0 Å². The van der Waals surface area contributed by atoms with Gasteiger partial charge in [0.2, 0.25) is 0 Å². The van der Waals surface area contributed by atoms with Gasteiger partial charge in [-0.1, -0.05) is 18.2 Å². The highest BCUT2D eigenvalue weighted by atomic mass is 19.1. The van der Waals surface area contributed by atoms with Gasteiger partial charge in [-0.2, -0.15) is 0 Å². The smallest absolute Gasteiger partial charge is 0.322 e. The molecule has 5 heteroatoms. The predicted octanol–water partition coefficient (Wildman–Crippen LogP) is 0.818. The zero-order chi connectivity index (χ0) is 10.8. The third-order valence-corrected chi connectivity index (χ3v) is 2.48. The van der Waals surface area contributed by atoms with E-state index in [0.29, 0.717) is 12.0 Å². The Bertz CT molecular complexity index is 383. The van der Waals surface area contributed by atoms with Crippen molar-refractivity contribution in [2.45, 2.75) is 18.5 Å². The van der Waals surface area contributed by atoms with Gasteiger partial charge in [0, 0.05) is 5.56 Å². The number of hydrogen-bond acceptors (Lipinski definition) is 3. The molecule has 1 aliphatic rings. The quantitative estimate of drug-likeness (QED) is 0.676. The predicted molar refractivity (Wildman–Crippen MR) is 51.5 cm³/mol. The second-order valence-corrected chi connectivity index (χ2v) is 3.49. The van der Waals surface area contributed by atoms with Crippen molar-refractivity contribution in [1.29, 1.82) is 0 Å². The summed E-state index contributed by atoms with van der Waals surface area (Å²) in [5, 5.41) is 8.75. The number of hydrazine groups is 1. The van der Waals surface area contributed by atoms with Gasteiger partial charge in [0.1, 0.15) is 11.9 Å². The second kappa shape index (κ2) is 3.96. The van der Waals surface area contributed by atoms with E-state index in [1.807, 2.05) is 0 Å². The van der Waals surface area contributed by atoms with Gasteiger partial charge in [-0.05, 0) is 12.5 Å². The van der Waals surface area contributed by atoms with Crippen molar-refractivity contribution in [3.8, 4) is 0 Å². The maximum atomic E-state index is 13.4. The molecule has 0 saturated carbocycles. The van der Waals surface area contributed by atoms with E-state index in [0.717, 1.165) is 0 Å². The van der Waals surface area contributed by atoms with Crippen LogP contribution in [0.1, 0.15) is 18.0 Å². The largest absolute Gasteiger partial charge is 0.480 e. The summed E-state index contributed by atoms with van der Waals surface area (Å²) in [6, 6.07) is 5.41. The maximum absolute atomic E-state index is 13.4. The van der Waals surface area contributed by atoms with Crippen LogP contribution in [-0.2, 0) is 4.79 Å². The Morgan fingerprint density at radius 2 is 2.13 bits per heavy atom. The zero-order valence-electron chi connectivity index (χ0n) is 7.90. The fourth-order valence-corrected chi connectivity index (χ4v) is 1.68. The summed E-state index contributed by atoms with van der Waals surface area (Å²) in [5.74, 6) is -1.25. The molecule has 2 rings (SSSR count). The van der Waals surface area contributed by atoms with Crippen LogP contribution < -0.4 is 10.9 Å². The van der Waals surface area contributed by atoms with Crippen LogP contribution in [0.3, 0.4) is 0 Å². The van der Waals surface area contributed by atoms with Gasteiger partial charge in [0.25, 0.3) is 0 Å². The summed E-state index contributed by atoms with van der Waals surface area (Å²) in [7, 11) is 0. The molecular formula is C10H11FN2O2. The molecule has 1 aromatic carbocycles. The molecule has 2 atom stereocenters. The van der Waals surface area contributed by atoms with Gasteiger partial charge in [-0.3, -0.25) is 4.79 Å². The van der Waals surface area contributed by atoms with Crippen LogP contribution in [-0.4, -0.2) is 17.1 Å². The third-order valence-electron chi connectivity index (χ3n) is 2.48. The first kappa shape index (κ1) is 10.1. The molecule has 0 amide bonds. The minimum absolute atomic E-state index is 0.285. The first-order valence-corrected chi connectivity index (χ1v) is 4.67. The van der Waals surface area contributed by atoms with E-state index >= 15 is 0 Å². The number of benzene rings is 1. The molecule has 1 saturated heterocycles. The van der Waals surface area contributed by atoms with Gasteiger partial charge in [0.05, 0.1) is 6.04 Å². The Balaban J connectivity index is 2.14. The molecule has 1 aliphatic heterocycles. The molecule has 0 aliphatic carbocycles. The molecule has 15 heavy (non-hydrogen) atoms. The summed E-state index contributed by atoms with van der Waals surface area (Å²) in [4.78, 5) is 10.7. The minimum Gasteiger partial charge on any atom is -0.480 e. The average molecular weight is 210 g/mol. The number of carboxylic acid groups (broad SMARTS) is 1. The fourth-order valence-electron chi connectivity index (χ4n) is 1.68. The highest BCUT2D eigenvalue weighted by Crippen LogP contribution is 2.24. The van der Waals surface area contributed by atoms with Crippen LogP contribution in [0.15, 0.2) is 24.3 Å². The second-order valence-electron chi connectivity index (χ2n) is 3.49. The number of carbonyl (C=O) groups is 1. The Morgan fingerprint density at radius 1 is 1.40 bits per heavy atom. The first-order chi connectivity index (χ1) is 7.18. The maximum Gasteiger partial charge on any atom is 0.322 e. The molecule has 0 spiro atoms. The molecular weight excluding hydrogens is 199 g/mol. The average Bonchev–Trinajstić information content (AvgIpc) is 2.67. The van der Waals surface area contributed by atoms with E-state index in [2.05, 4.69) is 10.9 Å². The van der Waals surface area contributed by atoms with Gasteiger partial charge in [0.15, 0.2) is 0 Å². The Labute approximate surface area is 86.1 Å². The number of nitrogens with one attached hydrogen (secondary N) is 2. The van der Waals surface area contributed by atoms with Crippen molar-refractivity contribution in [2.75, 3.05) is 0 Å². The topological polar surface area (TPSA) is 61.4 Å². The molecule has 4 nitrogen and oxygen atoms in total. The van der Waals surface area contributed by atoms with Gasteiger partial charge >= 0.3 is 5.97 Å². The SMILES string of the molecule is O=C(O)C1CC(c2ccccc2F)NN1. The van der Waals surface area contributed by atoms with E-state index in [-0.39, 0.29) is 11.9 Å². The van der Waals surface area contributed by atoms with Crippen molar-refractivity contribution >= 4 is 5.97 Å². The summed E-state index contributed by atoms with van der Waals surface area (Å²) in [5.41, 5.74) is 5.88. The molecule has 0 radical (unpaired) electrons. The van der Waals surface area contributed by atoms with E-state index in [4.69, 9.17) is 5.11 Å². The lowest BCUT2D eigenvalue weighted by molar-refractivity contribution is -0.139. The summed E-state index contributed by atoms with van der Waals surface area (Å²) < 4.78 is 13.4. The molecule has 80 valence electrons. The molecule has 1 aromatic rings. The van der Waals surface area contributed by atoms with E-state index in [9.17, 15) is 9.18 Å². The van der Waals surface area contributed by atoms with Crippen LogP contribution in [0.5, 0.6) is 0 Å². The first-order valence-electron chi connectivity index (χ1n) is 4.67. The number of rotatable bonds is 2. The summed E-state index contributed by atoms with van der Waals surface area (Å²) in [6.45, 7) is 0. The monoisotopic (exact) mass is 210 g/mol. The summed E-state index contributed by atoms with van der Waals surface area (Å²) in [6.07, 6.45) is 0.344. The van der Waals surface area contributed by atoms with Crippen molar-refractivity contribution in [3.63, 3.8) is 0 Å². The van der Waals surface area contributed by atoms with Crippen molar-refractivity contribution in [1.82, 2.24) is 10.9 Å². The normalized spacial score (nSPS) is 25.4. The van der Waals surface area contributed by atoms with E-state index in [1.165, 1.54) is 6.07 Å². The lowest BCUT2D eigenvalue weighted by atomic mass is 10.0. The van der Waals surface area contributed by atoms with Gasteiger partial charge < -0.3 is 5.11 Å². The van der Waals surface area contributed by atoms with E-state index < -0.39 is 12.0 Å². The number of halogens is 1. The molecule has 1 heterocycles. The molecule has 3 N–H and O–H groups in total. The van der Waals surface area contributed by atoms with Crippen LogP contribution in [0.2, 0.25) is 0 Å². The van der Waals surface area contributed by atoms with Gasteiger partial charge in [-0.15, -0.1) is 0 Å². The lowest BCUT2D eigenvalue weighted by Crippen LogP contribution is -2.36.